The first-order valence-corrected chi connectivity index (χ1v) is 8.71. The van der Waals surface area contributed by atoms with Crippen molar-refractivity contribution in [3.63, 3.8) is 0 Å². The second-order valence-electron chi connectivity index (χ2n) is 6.68. The Kier molecular flexibility index (Phi) is 4.67. The van der Waals surface area contributed by atoms with Crippen LogP contribution < -0.4 is 0 Å². The zero-order chi connectivity index (χ0) is 18.0. The summed E-state index contributed by atoms with van der Waals surface area (Å²) in [6.07, 6.45) is 1.27. The van der Waals surface area contributed by atoms with Crippen LogP contribution in [0.1, 0.15) is 36.8 Å². The number of piperidine rings is 1. The van der Waals surface area contributed by atoms with Gasteiger partial charge in [0.05, 0.1) is 18.6 Å². The number of likely N-dealkylation sites (tertiary alicyclic amines) is 1. The Labute approximate surface area is 148 Å². The van der Waals surface area contributed by atoms with Crippen LogP contribution >= 0.6 is 0 Å². The molecule has 2 aliphatic rings. The lowest BCUT2D eigenvalue weighted by molar-refractivity contribution is -0.137. The first kappa shape index (κ1) is 17.3. The van der Waals surface area contributed by atoms with Gasteiger partial charge in [0, 0.05) is 33.0 Å². The molecule has 2 amide bonds. The number of amides is 2. The molecular weight excluding hydrogens is 318 g/mol. The number of nitriles is 1. The summed E-state index contributed by atoms with van der Waals surface area (Å²) in [6.45, 7) is 2.94. The molecule has 1 heterocycles. The fraction of sp³-hybridized carbons (Fsp3) is 0.526. The fourth-order valence-electron chi connectivity index (χ4n) is 3.72. The molecular formula is C19H23N3O3. The van der Waals surface area contributed by atoms with E-state index in [4.69, 9.17) is 4.74 Å². The van der Waals surface area contributed by atoms with Gasteiger partial charge in [0.2, 0.25) is 5.91 Å². The molecule has 1 unspecified atom stereocenters. The fourth-order valence-corrected chi connectivity index (χ4v) is 3.72. The Morgan fingerprint density at radius 1 is 1.36 bits per heavy atom. The Morgan fingerprint density at radius 2 is 2.04 bits per heavy atom. The molecule has 6 nitrogen and oxygen atoms in total. The standard InChI is InChI=1S/C19H23N3O3/c1-3-25-18(24)22-10-8-19(13-20,9-11-22)21(2)17(23)16-12-14-6-4-5-7-15(14)16/h4-7,16H,3,8-12H2,1-2H3. The largest absolute Gasteiger partial charge is 0.450 e. The van der Waals surface area contributed by atoms with Crippen molar-refractivity contribution >= 4 is 12.0 Å². The van der Waals surface area contributed by atoms with E-state index >= 15 is 0 Å². The second-order valence-corrected chi connectivity index (χ2v) is 6.68. The van der Waals surface area contributed by atoms with Crippen molar-refractivity contribution < 1.29 is 14.3 Å². The summed E-state index contributed by atoms with van der Waals surface area (Å²) in [7, 11) is 1.71. The van der Waals surface area contributed by atoms with Crippen LogP contribution in [0, 0.1) is 11.3 Å². The summed E-state index contributed by atoms with van der Waals surface area (Å²) in [6, 6.07) is 10.3. The van der Waals surface area contributed by atoms with E-state index in [-0.39, 0.29) is 17.9 Å². The maximum absolute atomic E-state index is 12.9. The van der Waals surface area contributed by atoms with Crippen molar-refractivity contribution in [1.29, 1.82) is 5.26 Å². The first-order chi connectivity index (χ1) is 12.0. The Bertz CT molecular complexity index is 717. The van der Waals surface area contributed by atoms with Gasteiger partial charge in [-0.05, 0) is 24.5 Å². The highest BCUT2D eigenvalue weighted by Gasteiger charge is 2.45. The Morgan fingerprint density at radius 3 is 2.64 bits per heavy atom. The van der Waals surface area contributed by atoms with E-state index in [1.807, 2.05) is 24.3 Å². The SMILES string of the molecule is CCOC(=O)N1CCC(C#N)(N(C)C(=O)C2Cc3ccccc32)CC1. The minimum absolute atomic E-state index is 0.00941. The van der Waals surface area contributed by atoms with Gasteiger partial charge in [-0.3, -0.25) is 4.79 Å². The zero-order valence-electron chi connectivity index (χ0n) is 14.7. The quantitative estimate of drug-likeness (QED) is 0.845. The lowest BCUT2D eigenvalue weighted by Crippen LogP contribution is -2.57. The van der Waals surface area contributed by atoms with Gasteiger partial charge in [-0.2, -0.15) is 5.26 Å². The third-order valence-electron chi connectivity index (χ3n) is 5.45. The molecule has 132 valence electrons. The molecule has 1 aliphatic heterocycles. The number of hydrogen-bond donors (Lipinski definition) is 0. The van der Waals surface area contributed by atoms with Crippen molar-refractivity contribution in [2.24, 2.45) is 0 Å². The third-order valence-corrected chi connectivity index (χ3v) is 5.45. The van der Waals surface area contributed by atoms with Gasteiger partial charge in [0.1, 0.15) is 5.54 Å². The number of ether oxygens (including phenoxy) is 1. The summed E-state index contributed by atoms with van der Waals surface area (Å²) in [5, 5.41) is 9.78. The molecule has 0 aromatic heterocycles. The lowest BCUT2D eigenvalue weighted by atomic mass is 9.75. The number of likely N-dealkylation sites (N-methyl/N-ethyl adjacent to an activating group) is 1. The molecule has 1 aromatic carbocycles. The molecule has 1 aromatic rings. The number of fused-ring (bicyclic) bond motifs is 1. The number of carbonyl (C=O) groups is 2. The zero-order valence-corrected chi connectivity index (χ0v) is 14.7. The van der Waals surface area contributed by atoms with Gasteiger partial charge in [0.15, 0.2) is 0 Å². The maximum atomic E-state index is 12.9. The molecule has 1 atom stereocenters. The molecule has 25 heavy (non-hydrogen) atoms. The molecule has 0 N–H and O–H groups in total. The highest BCUT2D eigenvalue weighted by Crippen LogP contribution is 2.38. The van der Waals surface area contributed by atoms with Gasteiger partial charge in [-0.15, -0.1) is 0 Å². The van der Waals surface area contributed by atoms with E-state index in [0.29, 0.717) is 32.5 Å². The molecule has 0 bridgehead atoms. The summed E-state index contributed by atoms with van der Waals surface area (Å²) >= 11 is 0. The molecule has 1 fully saturated rings. The number of nitrogens with zero attached hydrogens (tertiary/aromatic N) is 3. The maximum Gasteiger partial charge on any atom is 0.409 e. The lowest BCUT2D eigenvalue weighted by Gasteiger charge is -2.44. The van der Waals surface area contributed by atoms with Gasteiger partial charge < -0.3 is 14.5 Å². The van der Waals surface area contributed by atoms with Crippen LogP contribution in [0.15, 0.2) is 24.3 Å². The number of carbonyl (C=O) groups excluding carboxylic acids is 2. The van der Waals surface area contributed by atoms with Crippen LogP contribution in [0.4, 0.5) is 4.79 Å². The number of rotatable bonds is 3. The van der Waals surface area contributed by atoms with E-state index in [1.165, 1.54) is 5.56 Å². The topological polar surface area (TPSA) is 73.6 Å². The van der Waals surface area contributed by atoms with Crippen LogP contribution in [0.3, 0.4) is 0 Å². The summed E-state index contributed by atoms with van der Waals surface area (Å²) in [5.41, 5.74) is 1.42. The molecule has 3 rings (SSSR count). The average Bonchev–Trinajstić information content (AvgIpc) is 2.62. The van der Waals surface area contributed by atoms with Crippen molar-refractivity contribution in [3.8, 4) is 6.07 Å². The highest BCUT2D eigenvalue weighted by atomic mass is 16.6. The van der Waals surface area contributed by atoms with E-state index in [9.17, 15) is 14.9 Å². The van der Waals surface area contributed by atoms with E-state index < -0.39 is 5.54 Å². The average molecular weight is 341 g/mol. The molecule has 1 aliphatic carbocycles. The Balaban J connectivity index is 1.69. The van der Waals surface area contributed by atoms with E-state index in [1.54, 1.807) is 23.8 Å². The summed E-state index contributed by atoms with van der Waals surface area (Å²) < 4.78 is 5.02. The molecule has 0 radical (unpaired) electrons. The first-order valence-electron chi connectivity index (χ1n) is 8.71. The minimum atomic E-state index is -0.857. The van der Waals surface area contributed by atoms with E-state index in [2.05, 4.69) is 6.07 Å². The van der Waals surface area contributed by atoms with Crippen molar-refractivity contribution in [2.45, 2.75) is 37.6 Å². The van der Waals surface area contributed by atoms with Crippen molar-refractivity contribution in [2.75, 3.05) is 26.7 Å². The van der Waals surface area contributed by atoms with Crippen molar-refractivity contribution in [1.82, 2.24) is 9.80 Å². The number of hydrogen-bond acceptors (Lipinski definition) is 4. The third kappa shape index (κ3) is 2.95. The van der Waals surface area contributed by atoms with Crippen LogP contribution in [0.2, 0.25) is 0 Å². The van der Waals surface area contributed by atoms with Crippen LogP contribution in [0.5, 0.6) is 0 Å². The van der Waals surface area contributed by atoms with Crippen LogP contribution in [0.25, 0.3) is 0 Å². The van der Waals surface area contributed by atoms with E-state index in [0.717, 1.165) is 12.0 Å². The van der Waals surface area contributed by atoms with Crippen LogP contribution in [-0.4, -0.2) is 54.1 Å². The van der Waals surface area contributed by atoms with Gasteiger partial charge in [0.25, 0.3) is 0 Å². The second kappa shape index (κ2) is 6.75. The predicted octanol–water partition coefficient (Wildman–Crippen LogP) is 2.30. The predicted molar refractivity (Wildman–Crippen MR) is 91.8 cm³/mol. The Hall–Kier alpha value is -2.55. The normalized spacial score (nSPS) is 20.7. The molecule has 1 saturated heterocycles. The van der Waals surface area contributed by atoms with Gasteiger partial charge in [-0.1, -0.05) is 24.3 Å². The van der Waals surface area contributed by atoms with Crippen LogP contribution in [-0.2, 0) is 16.0 Å². The highest BCUT2D eigenvalue weighted by molar-refractivity contribution is 5.87. The molecule has 0 spiro atoms. The summed E-state index contributed by atoms with van der Waals surface area (Å²) in [5.74, 6) is -0.167. The van der Waals surface area contributed by atoms with Gasteiger partial charge in [-0.25, -0.2) is 4.79 Å². The minimum Gasteiger partial charge on any atom is -0.450 e. The smallest absolute Gasteiger partial charge is 0.409 e. The van der Waals surface area contributed by atoms with Crippen molar-refractivity contribution in [3.05, 3.63) is 35.4 Å². The number of benzene rings is 1. The molecule has 6 heteroatoms. The van der Waals surface area contributed by atoms with Gasteiger partial charge >= 0.3 is 6.09 Å². The monoisotopic (exact) mass is 341 g/mol. The molecule has 0 saturated carbocycles. The summed E-state index contributed by atoms with van der Waals surface area (Å²) in [4.78, 5) is 28.0.